The van der Waals surface area contributed by atoms with Gasteiger partial charge in [-0.1, -0.05) is 16.8 Å². The van der Waals surface area contributed by atoms with Crippen molar-refractivity contribution in [2.24, 2.45) is 0 Å². The molecule has 1 aromatic heterocycles. The number of carbonyl (C=O) groups is 1. The third-order valence-corrected chi connectivity index (χ3v) is 2.25. The highest BCUT2D eigenvalue weighted by atomic mass is 19.1. The van der Waals surface area contributed by atoms with E-state index in [9.17, 15) is 9.18 Å². The minimum absolute atomic E-state index is 0.0143. The summed E-state index contributed by atoms with van der Waals surface area (Å²) < 4.78 is 23.1. The zero-order chi connectivity index (χ0) is 12.3. The molecule has 0 radical (unpaired) electrons. The Balaban J connectivity index is 2.30. The van der Waals surface area contributed by atoms with Crippen LogP contribution in [-0.4, -0.2) is 11.6 Å². The van der Waals surface area contributed by atoms with E-state index in [1.165, 1.54) is 6.07 Å². The first-order valence-electron chi connectivity index (χ1n) is 4.98. The van der Waals surface area contributed by atoms with Gasteiger partial charge in [0.15, 0.2) is 5.76 Å². The molecule has 2 aromatic rings. The standard InChI is InChI=1S/C12H10FNO3/c1-8-2-3-11(13)10(4-8)12-5-9(14-17-12)6-16-7-15/h2-5,7H,6H2,1H3. The molecule has 0 saturated carbocycles. The fourth-order valence-corrected chi connectivity index (χ4v) is 1.45. The van der Waals surface area contributed by atoms with Gasteiger partial charge in [0.2, 0.25) is 0 Å². The molecule has 2 rings (SSSR count). The molecule has 17 heavy (non-hydrogen) atoms. The van der Waals surface area contributed by atoms with E-state index < -0.39 is 0 Å². The van der Waals surface area contributed by atoms with Gasteiger partial charge >= 0.3 is 0 Å². The van der Waals surface area contributed by atoms with Gasteiger partial charge in [-0.15, -0.1) is 0 Å². The lowest BCUT2D eigenvalue weighted by Gasteiger charge is -1.99. The van der Waals surface area contributed by atoms with Crippen LogP contribution in [0, 0.1) is 12.7 Å². The summed E-state index contributed by atoms with van der Waals surface area (Å²) in [5.74, 6) is -0.0645. The van der Waals surface area contributed by atoms with Crippen LogP contribution in [-0.2, 0) is 16.1 Å². The molecule has 0 aliphatic rings. The van der Waals surface area contributed by atoms with Crippen LogP contribution in [0.3, 0.4) is 0 Å². The first kappa shape index (κ1) is 11.3. The van der Waals surface area contributed by atoms with E-state index in [2.05, 4.69) is 9.89 Å². The Hall–Kier alpha value is -2.17. The zero-order valence-electron chi connectivity index (χ0n) is 9.14. The van der Waals surface area contributed by atoms with Gasteiger partial charge in [-0.2, -0.15) is 0 Å². The maximum Gasteiger partial charge on any atom is 0.293 e. The highest BCUT2D eigenvalue weighted by molar-refractivity contribution is 5.59. The number of carbonyl (C=O) groups excluding carboxylic acids is 1. The Kier molecular flexibility index (Phi) is 3.18. The van der Waals surface area contributed by atoms with E-state index in [0.717, 1.165) is 5.56 Å². The molecule has 4 nitrogen and oxygen atoms in total. The zero-order valence-corrected chi connectivity index (χ0v) is 9.14. The van der Waals surface area contributed by atoms with Crippen LogP contribution in [0.4, 0.5) is 4.39 Å². The number of aromatic nitrogens is 1. The number of benzene rings is 1. The summed E-state index contributed by atoms with van der Waals surface area (Å²) in [6, 6.07) is 6.25. The van der Waals surface area contributed by atoms with Gasteiger partial charge in [0.1, 0.15) is 18.1 Å². The van der Waals surface area contributed by atoms with Crippen molar-refractivity contribution in [3.05, 3.63) is 41.3 Å². The molecular formula is C12H10FNO3. The monoisotopic (exact) mass is 235 g/mol. The van der Waals surface area contributed by atoms with Crippen molar-refractivity contribution >= 4 is 6.47 Å². The van der Waals surface area contributed by atoms with Gasteiger partial charge < -0.3 is 9.26 Å². The van der Waals surface area contributed by atoms with Crippen molar-refractivity contribution in [3.8, 4) is 11.3 Å². The lowest BCUT2D eigenvalue weighted by Crippen LogP contribution is -1.88. The summed E-state index contributed by atoms with van der Waals surface area (Å²) in [5.41, 5.74) is 1.70. The molecule has 1 aromatic carbocycles. The first-order valence-corrected chi connectivity index (χ1v) is 4.98. The van der Waals surface area contributed by atoms with E-state index >= 15 is 0 Å². The van der Waals surface area contributed by atoms with E-state index in [-0.39, 0.29) is 12.4 Å². The molecule has 5 heteroatoms. The molecule has 88 valence electrons. The summed E-state index contributed by atoms with van der Waals surface area (Å²) in [6.45, 7) is 2.19. The number of halogens is 1. The van der Waals surface area contributed by atoms with Gasteiger partial charge in [-0.25, -0.2) is 4.39 Å². The smallest absolute Gasteiger partial charge is 0.293 e. The highest BCUT2D eigenvalue weighted by Crippen LogP contribution is 2.24. The summed E-state index contributed by atoms with van der Waals surface area (Å²) in [4.78, 5) is 10.0. The summed E-state index contributed by atoms with van der Waals surface area (Å²) >= 11 is 0. The minimum Gasteiger partial charge on any atom is -0.461 e. The molecule has 0 N–H and O–H groups in total. The first-order chi connectivity index (χ1) is 8.20. The second-order valence-corrected chi connectivity index (χ2v) is 3.57. The molecule has 0 aliphatic heterocycles. The van der Waals surface area contributed by atoms with E-state index in [1.807, 2.05) is 6.92 Å². The molecule has 0 fully saturated rings. The quantitative estimate of drug-likeness (QED) is 0.764. The van der Waals surface area contributed by atoms with Gasteiger partial charge in [0, 0.05) is 6.07 Å². The number of ether oxygens (including phenoxy) is 1. The molecule has 1 heterocycles. The van der Waals surface area contributed by atoms with Crippen molar-refractivity contribution in [2.45, 2.75) is 13.5 Å². The number of hydrogen-bond donors (Lipinski definition) is 0. The SMILES string of the molecule is Cc1ccc(F)c(-c2cc(COC=O)no2)c1. The Bertz CT molecular complexity index is 536. The van der Waals surface area contributed by atoms with Crippen LogP contribution in [0.5, 0.6) is 0 Å². The van der Waals surface area contributed by atoms with Crippen LogP contribution < -0.4 is 0 Å². The van der Waals surface area contributed by atoms with Crippen LogP contribution >= 0.6 is 0 Å². The van der Waals surface area contributed by atoms with Gasteiger partial charge in [-0.05, 0) is 19.1 Å². The third-order valence-electron chi connectivity index (χ3n) is 2.25. The maximum absolute atomic E-state index is 13.5. The molecule has 0 spiro atoms. The second kappa shape index (κ2) is 4.78. The van der Waals surface area contributed by atoms with Crippen molar-refractivity contribution in [2.75, 3.05) is 0 Å². The fourth-order valence-electron chi connectivity index (χ4n) is 1.45. The van der Waals surface area contributed by atoms with Crippen molar-refractivity contribution < 1.29 is 18.4 Å². The molecule has 0 aliphatic carbocycles. The van der Waals surface area contributed by atoms with E-state index in [1.54, 1.807) is 18.2 Å². The number of nitrogens with zero attached hydrogens (tertiary/aromatic N) is 1. The molecule has 0 atom stereocenters. The summed E-state index contributed by atoms with van der Waals surface area (Å²) in [7, 11) is 0. The van der Waals surface area contributed by atoms with E-state index in [0.29, 0.717) is 23.5 Å². The number of hydrogen-bond acceptors (Lipinski definition) is 4. The Morgan fingerprint density at radius 1 is 1.47 bits per heavy atom. The average Bonchev–Trinajstić information content (AvgIpc) is 2.78. The van der Waals surface area contributed by atoms with Crippen molar-refractivity contribution in [3.63, 3.8) is 0 Å². The lowest BCUT2D eigenvalue weighted by molar-refractivity contribution is -0.129. The van der Waals surface area contributed by atoms with Crippen LogP contribution in [0.15, 0.2) is 28.8 Å². The fraction of sp³-hybridized carbons (Fsp3) is 0.167. The van der Waals surface area contributed by atoms with Crippen molar-refractivity contribution in [1.82, 2.24) is 5.16 Å². The van der Waals surface area contributed by atoms with Gasteiger partial charge in [-0.3, -0.25) is 4.79 Å². The molecule has 0 unspecified atom stereocenters. The topological polar surface area (TPSA) is 52.3 Å². The molecular weight excluding hydrogens is 225 g/mol. The predicted molar refractivity (Wildman–Crippen MR) is 57.5 cm³/mol. The molecule has 0 saturated heterocycles. The number of aryl methyl sites for hydroxylation is 1. The van der Waals surface area contributed by atoms with Gasteiger partial charge in [0.25, 0.3) is 6.47 Å². The lowest BCUT2D eigenvalue weighted by atomic mass is 10.1. The normalized spacial score (nSPS) is 10.2. The highest BCUT2D eigenvalue weighted by Gasteiger charge is 2.11. The number of rotatable bonds is 4. The minimum atomic E-state index is -0.380. The Labute approximate surface area is 97.0 Å². The van der Waals surface area contributed by atoms with Crippen molar-refractivity contribution in [1.29, 1.82) is 0 Å². The Morgan fingerprint density at radius 3 is 3.06 bits per heavy atom. The average molecular weight is 235 g/mol. The van der Waals surface area contributed by atoms with Gasteiger partial charge in [0.05, 0.1) is 5.56 Å². The maximum atomic E-state index is 13.5. The second-order valence-electron chi connectivity index (χ2n) is 3.57. The summed E-state index contributed by atoms with van der Waals surface area (Å²) in [5, 5.41) is 3.68. The van der Waals surface area contributed by atoms with Crippen LogP contribution in [0.2, 0.25) is 0 Å². The largest absolute Gasteiger partial charge is 0.461 e. The van der Waals surface area contributed by atoms with E-state index in [4.69, 9.17) is 4.52 Å². The predicted octanol–water partition coefficient (Wildman–Crippen LogP) is 2.46. The molecule has 0 bridgehead atoms. The van der Waals surface area contributed by atoms with Crippen LogP contribution in [0.1, 0.15) is 11.3 Å². The summed E-state index contributed by atoms with van der Waals surface area (Å²) in [6.07, 6.45) is 0. The van der Waals surface area contributed by atoms with Crippen LogP contribution in [0.25, 0.3) is 11.3 Å². The third kappa shape index (κ3) is 2.50. The molecule has 0 amide bonds. The Morgan fingerprint density at radius 2 is 2.29 bits per heavy atom.